The zero-order chi connectivity index (χ0) is 22.2. The van der Waals surface area contributed by atoms with Crippen molar-refractivity contribution in [3.05, 3.63) is 57.2 Å². The first kappa shape index (κ1) is 21.9. The van der Waals surface area contributed by atoms with Gasteiger partial charge in [-0.1, -0.05) is 12.1 Å². The van der Waals surface area contributed by atoms with E-state index in [1.54, 1.807) is 19.9 Å². The maximum Gasteiger partial charge on any atom is 0.326 e. The lowest BCUT2D eigenvalue weighted by molar-refractivity contribution is -0.149. The highest BCUT2D eigenvalue weighted by atomic mass is 32.2. The molecule has 158 valence electrons. The molecule has 1 saturated heterocycles. The lowest BCUT2D eigenvalue weighted by Gasteiger charge is -2.14. The number of nitrogens with zero attached hydrogens (tertiary/aromatic N) is 2. The number of aryl methyl sites for hydroxylation is 2. The molecule has 1 aromatic heterocycles. The molecule has 6 nitrogen and oxygen atoms in total. The van der Waals surface area contributed by atoms with Gasteiger partial charge < -0.3 is 9.30 Å². The summed E-state index contributed by atoms with van der Waals surface area (Å²) < 4.78 is 7.20. The number of benzene rings is 1. The van der Waals surface area contributed by atoms with Crippen molar-refractivity contribution in [3.8, 4) is 5.69 Å². The Bertz CT molecular complexity index is 1070. The van der Waals surface area contributed by atoms with E-state index in [4.69, 9.17) is 4.74 Å². The van der Waals surface area contributed by atoms with Crippen LogP contribution in [0.25, 0.3) is 11.8 Å². The molecule has 1 aliphatic rings. The Morgan fingerprint density at radius 3 is 2.53 bits per heavy atom. The number of hydrogen-bond acceptors (Lipinski definition) is 5. The zero-order valence-electron chi connectivity index (χ0n) is 18.1. The summed E-state index contributed by atoms with van der Waals surface area (Å²) in [7, 11) is 0. The van der Waals surface area contributed by atoms with Gasteiger partial charge in [-0.05, 0) is 88.2 Å². The van der Waals surface area contributed by atoms with Crippen molar-refractivity contribution in [2.75, 3.05) is 6.54 Å². The summed E-state index contributed by atoms with van der Waals surface area (Å²) in [6.07, 6.45) is 1.42. The Labute approximate surface area is 180 Å². The minimum absolute atomic E-state index is 0.302. The molecule has 2 amide bonds. The first-order valence-corrected chi connectivity index (χ1v) is 10.6. The zero-order valence-corrected chi connectivity index (χ0v) is 18.9. The molecule has 0 aliphatic carbocycles. The van der Waals surface area contributed by atoms with Gasteiger partial charge >= 0.3 is 5.97 Å². The van der Waals surface area contributed by atoms with Gasteiger partial charge in [-0.25, -0.2) is 0 Å². The number of amides is 2. The van der Waals surface area contributed by atoms with Gasteiger partial charge in [0.15, 0.2) is 0 Å². The van der Waals surface area contributed by atoms with Gasteiger partial charge in [0.25, 0.3) is 11.1 Å². The first-order chi connectivity index (χ1) is 14.1. The standard InChI is InChI=1S/C23H26N2O4S/c1-13(2)29-21(26)12-24-22(27)20(30-23(24)28)11-18-10-15(4)25(17(18)6)19-9-7-8-14(3)16(19)5/h7-11,13H,12H2,1-6H3/b20-11+. The van der Waals surface area contributed by atoms with Crippen LogP contribution in [-0.4, -0.2) is 39.2 Å². The number of esters is 1. The summed E-state index contributed by atoms with van der Waals surface area (Å²) in [4.78, 5) is 38.1. The van der Waals surface area contributed by atoms with Crippen molar-refractivity contribution in [3.63, 3.8) is 0 Å². The van der Waals surface area contributed by atoms with Gasteiger partial charge in [-0.15, -0.1) is 0 Å². The van der Waals surface area contributed by atoms with Gasteiger partial charge in [-0.2, -0.15) is 0 Å². The number of rotatable bonds is 5. The molecule has 7 heteroatoms. The monoisotopic (exact) mass is 426 g/mol. The third-order valence-electron chi connectivity index (χ3n) is 5.10. The smallest absolute Gasteiger partial charge is 0.326 e. The molecule has 1 aliphatic heterocycles. The number of carbonyl (C=O) groups is 3. The number of hydrogen-bond donors (Lipinski definition) is 0. The fourth-order valence-corrected chi connectivity index (χ4v) is 4.32. The Balaban J connectivity index is 1.91. The van der Waals surface area contributed by atoms with Gasteiger partial charge in [0.2, 0.25) is 0 Å². The van der Waals surface area contributed by atoms with Crippen molar-refractivity contribution >= 4 is 35.0 Å². The van der Waals surface area contributed by atoms with E-state index in [-0.39, 0.29) is 12.6 Å². The van der Waals surface area contributed by atoms with E-state index in [2.05, 4.69) is 30.5 Å². The Morgan fingerprint density at radius 2 is 1.87 bits per heavy atom. The largest absolute Gasteiger partial charge is 0.462 e. The van der Waals surface area contributed by atoms with Gasteiger partial charge in [-0.3, -0.25) is 19.3 Å². The van der Waals surface area contributed by atoms with Gasteiger partial charge in [0, 0.05) is 17.1 Å². The molecule has 2 heterocycles. The van der Waals surface area contributed by atoms with E-state index in [0.717, 1.165) is 39.3 Å². The van der Waals surface area contributed by atoms with Crippen molar-refractivity contribution in [2.45, 2.75) is 47.6 Å². The third kappa shape index (κ3) is 4.21. The summed E-state index contributed by atoms with van der Waals surface area (Å²) in [5.41, 5.74) is 6.36. The number of thioether (sulfide) groups is 1. The van der Waals surface area contributed by atoms with E-state index in [1.165, 1.54) is 11.1 Å². The highest BCUT2D eigenvalue weighted by Crippen LogP contribution is 2.34. The molecule has 30 heavy (non-hydrogen) atoms. The van der Waals surface area contributed by atoms with Crippen molar-refractivity contribution in [1.82, 2.24) is 9.47 Å². The molecule has 2 aromatic rings. The second-order valence-corrected chi connectivity index (χ2v) is 8.68. The topological polar surface area (TPSA) is 68.6 Å². The summed E-state index contributed by atoms with van der Waals surface area (Å²) >= 11 is 0.844. The summed E-state index contributed by atoms with van der Waals surface area (Å²) in [5.74, 6) is -1.07. The van der Waals surface area contributed by atoms with E-state index in [1.807, 2.05) is 26.0 Å². The minimum Gasteiger partial charge on any atom is -0.462 e. The second kappa shape index (κ2) is 8.52. The number of imide groups is 1. The lowest BCUT2D eigenvalue weighted by atomic mass is 10.1. The SMILES string of the molecule is Cc1cccc(-n2c(C)cc(/C=C3/SC(=O)N(CC(=O)OC(C)C)C3=O)c2C)c1C. The average Bonchev–Trinajstić information content (AvgIpc) is 3.07. The lowest BCUT2D eigenvalue weighted by Crippen LogP contribution is -2.35. The predicted molar refractivity (Wildman–Crippen MR) is 119 cm³/mol. The molecular formula is C23H26N2O4S. The molecule has 0 bridgehead atoms. The van der Waals surface area contributed by atoms with E-state index >= 15 is 0 Å². The maximum absolute atomic E-state index is 12.7. The molecule has 1 fully saturated rings. The van der Waals surface area contributed by atoms with Crippen LogP contribution in [0.15, 0.2) is 29.2 Å². The molecule has 3 rings (SSSR count). The molecule has 0 atom stereocenters. The summed E-state index contributed by atoms with van der Waals surface area (Å²) in [6.45, 7) is 11.2. The predicted octanol–water partition coefficient (Wildman–Crippen LogP) is 4.70. The Hall–Kier alpha value is -2.80. The normalized spacial score (nSPS) is 15.6. The highest BCUT2D eigenvalue weighted by Gasteiger charge is 2.37. The van der Waals surface area contributed by atoms with Crippen molar-refractivity contribution < 1.29 is 19.1 Å². The Morgan fingerprint density at radius 1 is 1.17 bits per heavy atom. The number of carbonyl (C=O) groups excluding carboxylic acids is 3. The maximum atomic E-state index is 12.7. The highest BCUT2D eigenvalue weighted by molar-refractivity contribution is 8.18. The fraction of sp³-hybridized carbons (Fsp3) is 0.348. The van der Waals surface area contributed by atoms with Crippen LogP contribution in [0.2, 0.25) is 0 Å². The second-order valence-electron chi connectivity index (χ2n) is 7.69. The molecule has 0 radical (unpaired) electrons. The van der Waals surface area contributed by atoms with Crippen LogP contribution >= 0.6 is 11.8 Å². The van der Waals surface area contributed by atoms with Gasteiger partial charge in [0.05, 0.1) is 11.0 Å². The average molecular weight is 427 g/mol. The molecule has 0 unspecified atom stereocenters. The number of aromatic nitrogens is 1. The van der Waals surface area contributed by atoms with Crippen LogP contribution in [0.5, 0.6) is 0 Å². The molecule has 0 saturated carbocycles. The van der Waals surface area contributed by atoms with Gasteiger partial charge in [0.1, 0.15) is 6.54 Å². The van der Waals surface area contributed by atoms with Crippen molar-refractivity contribution in [2.24, 2.45) is 0 Å². The summed E-state index contributed by atoms with van der Waals surface area (Å²) in [6, 6.07) is 8.17. The Kier molecular flexibility index (Phi) is 6.22. The summed E-state index contributed by atoms with van der Waals surface area (Å²) in [5, 5.41) is -0.463. The minimum atomic E-state index is -0.596. The van der Waals surface area contributed by atoms with Crippen LogP contribution < -0.4 is 0 Å². The first-order valence-electron chi connectivity index (χ1n) is 9.80. The van der Waals surface area contributed by atoms with Crippen LogP contribution in [0.3, 0.4) is 0 Å². The fourth-order valence-electron chi connectivity index (χ4n) is 3.49. The van der Waals surface area contributed by atoms with E-state index in [9.17, 15) is 14.4 Å². The van der Waals surface area contributed by atoms with Crippen molar-refractivity contribution in [1.29, 1.82) is 0 Å². The van der Waals surface area contributed by atoms with Crippen LogP contribution in [0.1, 0.15) is 41.9 Å². The van der Waals surface area contributed by atoms with E-state index in [0.29, 0.717) is 4.91 Å². The quantitative estimate of drug-likeness (QED) is 0.512. The molecule has 0 spiro atoms. The van der Waals surface area contributed by atoms with Crippen LogP contribution in [0.4, 0.5) is 4.79 Å². The molecule has 1 aromatic carbocycles. The van der Waals surface area contributed by atoms with E-state index < -0.39 is 17.1 Å². The third-order valence-corrected chi connectivity index (χ3v) is 6.01. The number of ether oxygens (including phenoxy) is 1. The van der Waals surface area contributed by atoms with Crippen LogP contribution in [0, 0.1) is 27.7 Å². The van der Waals surface area contributed by atoms with Crippen LogP contribution in [-0.2, 0) is 14.3 Å². The molecular weight excluding hydrogens is 400 g/mol. The molecule has 0 N–H and O–H groups in total.